The molecule has 29 heavy (non-hydrogen) atoms. The lowest BCUT2D eigenvalue weighted by Gasteiger charge is -2.21. The Hall–Kier alpha value is -2.82. The first kappa shape index (κ1) is 20.9. The smallest absolute Gasteiger partial charge is 0.254 e. The fourth-order valence-electron chi connectivity index (χ4n) is 2.92. The van der Waals surface area contributed by atoms with E-state index < -0.39 is 0 Å². The molecule has 6 heteroatoms. The third-order valence-electron chi connectivity index (χ3n) is 4.47. The third kappa shape index (κ3) is 5.17. The van der Waals surface area contributed by atoms with E-state index in [9.17, 15) is 9.59 Å². The van der Waals surface area contributed by atoms with Crippen LogP contribution in [0.1, 0.15) is 17.3 Å². The maximum Gasteiger partial charge on any atom is 0.254 e. The number of hydrogen-bond acceptors (Lipinski definition) is 2. The number of benzene rings is 3. The molecular formula is C23H20Cl2N2O2. The molecular weight excluding hydrogens is 407 g/mol. The SMILES string of the molecule is CCN(CC(=O)Nc1c(Cl)cccc1Cl)C(=O)c1ccc(-c2ccccc2)cc1. The van der Waals surface area contributed by atoms with E-state index in [2.05, 4.69) is 5.32 Å². The van der Waals surface area contributed by atoms with Crippen molar-refractivity contribution in [1.82, 2.24) is 4.90 Å². The minimum absolute atomic E-state index is 0.0999. The molecule has 0 fully saturated rings. The quantitative estimate of drug-likeness (QED) is 0.544. The Labute approximate surface area is 180 Å². The lowest BCUT2D eigenvalue weighted by Crippen LogP contribution is -2.37. The molecule has 0 unspecified atom stereocenters. The minimum atomic E-state index is -0.365. The van der Waals surface area contributed by atoms with Gasteiger partial charge in [0.25, 0.3) is 5.91 Å². The van der Waals surface area contributed by atoms with Gasteiger partial charge in [-0.2, -0.15) is 0 Å². The van der Waals surface area contributed by atoms with Gasteiger partial charge in [0.05, 0.1) is 15.7 Å². The molecule has 3 aromatic rings. The highest BCUT2D eigenvalue weighted by Gasteiger charge is 2.19. The molecule has 0 bridgehead atoms. The Kier molecular flexibility index (Phi) is 6.91. The number of halogens is 2. The molecule has 0 aliphatic carbocycles. The highest BCUT2D eigenvalue weighted by atomic mass is 35.5. The Bertz CT molecular complexity index is 985. The van der Waals surface area contributed by atoms with Gasteiger partial charge in [-0.25, -0.2) is 0 Å². The average molecular weight is 427 g/mol. The van der Waals surface area contributed by atoms with Gasteiger partial charge in [-0.3, -0.25) is 9.59 Å². The Morgan fingerprint density at radius 1 is 0.828 bits per heavy atom. The fourth-order valence-corrected chi connectivity index (χ4v) is 3.41. The van der Waals surface area contributed by atoms with E-state index in [1.54, 1.807) is 30.3 Å². The maximum absolute atomic E-state index is 12.8. The minimum Gasteiger partial charge on any atom is -0.330 e. The van der Waals surface area contributed by atoms with Crippen molar-refractivity contribution in [1.29, 1.82) is 0 Å². The summed E-state index contributed by atoms with van der Waals surface area (Å²) >= 11 is 12.2. The molecule has 0 aliphatic rings. The summed E-state index contributed by atoms with van der Waals surface area (Å²) in [5.74, 6) is -0.580. The van der Waals surface area contributed by atoms with Crippen molar-refractivity contribution in [3.05, 3.63) is 88.4 Å². The van der Waals surface area contributed by atoms with Crippen LogP contribution in [0, 0.1) is 0 Å². The lowest BCUT2D eigenvalue weighted by atomic mass is 10.0. The summed E-state index contributed by atoms with van der Waals surface area (Å²) in [6.07, 6.45) is 0. The molecule has 3 rings (SSSR count). The first-order chi connectivity index (χ1) is 14.0. The predicted octanol–water partition coefficient (Wildman–Crippen LogP) is 5.76. The van der Waals surface area contributed by atoms with Gasteiger partial charge in [0.1, 0.15) is 6.54 Å². The van der Waals surface area contributed by atoms with E-state index in [0.717, 1.165) is 11.1 Å². The van der Waals surface area contributed by atoms with Crippen LogP contribution in [0.15, 0.2) is 72.8 Å². The van der Waals surface area contributed by atoms with E-state index >= 15 is 0 Å². The summed E-state index contributed by atoms with van der Waals surface area (Å²) < 4.78 is 0. The van der Waals surface area contributed by atoms with Crippen molar-refractivity contribution in [2.75, 3.05) is 18.4 Å². The molecule has 0 heterocycles. The normalized spacial score (nSPS) is 10.4. The van der Waals surface area contributed by atoms with Crippen LogP contribution in [0.5, 0.6) is 0 Å². The van der Waals surface area contributed by atoms with E-state index in [1.165, 1.54) is 4.90 Å². The summed E-state index contributed by atoms with van der Waals surface area (Å²) in [5, 5.41) is 3.37. The van der Waals surface area contributed by atoms with Crippen molar-refractivity contribution >= 4 is 40.7 Å². The summed E-state index contributed by atoms with van der Waals surface area (Å²) in [6, 6.07) is 22.3. The van der Waals surface area contributed by atoms with Gasteiger partial charge < -0.3 is 10.2 Å². The summed E-state index contributed by atoms with van der Waals surface area (Å²) in [7, 11) is 0. The number of nitrogens with zero attached hydrogens (tertiary/aromatic N) is 1. The zero-order valence-electron chi connectivity index (χ0n) is 15.9. The van der Waals surface area contributed by atoms with Gasteiger partial charge in [-0.1, -0.05) is 71.7 Å². The molecule has 0 spiro atoms. The second-order valence-corrected chi connectivity index (χ2v) is 7.22. The molecule has 148 valence electrons. The van der Waals surface area contributed by atoms with Gasteiger partial charge in [-0.15, -0.1) is 0 Å². The van der Waals surface area contributed by atoms with Crippen LogP contribution in [0.3, 0.4) is 0 Å². The number of anilines is 1. The molecule has 0 saturated heterocycles. The molecule has 1 N–H and O–H groups in total. The number of carbonyl (C=O) groups is 2. The van der Waals surface area contributed by atoms with Crippen LogP contribution < -0.4 is 5.32 Å². The van der Waals surface area contributed by atoms with Crippen molar-refractivity contribution in [2.45, 2.75) is 6.92 Å². The van der Waals surface area contributed by atoms with E-state index in [4.69, 9.17) is 23.2 Å². The van der Waals surface area contributed by atoms with Crippen molar-refractivity contribution < 1.29 is 9.59 Å². The number of hydrogen-bond donors (Lipinski definition) is 1. The Balaban J connectivity index is 1.69. The van der Waals surface area contributed by atoms with Gasteiger partial charge in [0.2, 0.25) is 5.91 Å². The first-order valence-electron chi connectivity index (χ1n) is 9.18. The first-order valence-corrected chi connectivity index (χ1v) is 9.93. The zero-order chi connectivity index (χ0) is 20.8. The molecule has 0 aliphatic heterocycles. The van der Waals surface area contributed by atoms with Gasteiger partial charge in [-0.05, 0) is 42.3 Å². The maximum atomic E-state index is 12.8. The second-order valence-electron chi connectivity index (χ2n) is 6.41. The van der Waals surface area contributed by atoms with Crippen LogP contribution in [0.25, 0.3) is 11.1 Å². The fraction of sp³-hybridized carbons (Fsp3) is 0.130. The number of carbonyl (C=O) groups excluding carboxylic acids is 2. The molecule has 4 nitrogen and oxygen atoms in total. The van der Waals surface area contributed by atoms with Crippen LogP contribution in [0.2, 0.25) is 10.0 Å². The van der Waals surface area contributed by atoms with Crippen LogP contribution in [-0.4, -0.2) is 29.8 Å². The second kappa shape index (κ2) is 9.59. The van der Waals surface area contributed by atoms with E-state index in [0.29, 0.717) is 27.8 Å². The van der Waals surface area contributed by atoms with Gasteiger partial charge in [0, 0.05) is 12.1 Å². The summed E-state index contributed by atoms with van der Waals surface area (Å²) in [4.78, 5) is 26.7. The summed E-state index contributed by atoms with van der Waals surface area (Å²) in [5.41, 5.74) is 2.97. The number of para-hydroxylation sites is 1. The highest BCUT2D eigenvalue weighted by molar-refractivity contribution is 6.39. The molecule has 3 aromatic carbocycles. The highest BCUT2D eigenvalue weighted by Crippen LogP contribution is 2.29. The van der Waals surface area contributed by atoms with Crippen molar-refractivity contribution in [2.24, 2.45) is 0 Å². The van der Waals surface area contributed by atoms with Crippen LogP contribution in [-0.2, 0) is 4.79 Å². The monoisotopic (exact) mass is 426 g/mol. The molecule has 2 amide bonds. The number of likely N-dealkylation sites (N-methyl/N-ethyl adjacent to an activating group) is 1. The van der Waals surface area contributed by atoms with Crippen molar-refractivity contribution in [3.63, 3.8) is 0 Å². The predicted molar refractivity (Wildman–Crippen MR) is 119 cm³/mol. The van der Waals surface area contributed by atoms with Crippen LogP contribution >= 0.6 is 23.2 Å². The van der Waals surface area contributed by atoms with Crippen molar-refractivity contribution in [3.8, 4) is 11.1 Å². The number of rotatable bonds is 6. The topological polar surface area (TPSA) is 49.4 Å². The largest absolute Gasteiger partial charge is 0.330 e. The van der Waals surface area contributed by atoms with Crippen LogP contribution in [0.4, 0.5) is 5.69 Å². The molecule has 0 aromatic heterocycles. The Morgan fingerprint density at radius 3 is 2.00 bits per heavy atom. The zero-order valence-corrected chi connectivity index (χ0v) is 17.4. The van der Waals surface area contributed by atoms with E-state index in [-0.39, 0.29) is 18.4 Å². The van der Waals surface area contributed by atoms with Gasteiger partial charge >= 0.3 is 0 Å². The third-order valence-corrected chi connectivity index (χ3v) is 5.10. The molecule has 0 atom stereocenters. The number of nitrogens with one attached hydrogen (secondary N) is 1. The number of amides is 2. The van der Waals surface area contributed by atoms with E-state index in [1.807, 2.05) is 49.4 Å². The average Bonchev–Trinajstić information content (AvgIpc) is 2.75. The molecule has 0 radical (unpaired) electrons. The lowest BCUT2D eigenvalue weighted by molar-refractivity contribution is -0.116. The van der Waals surface area contributed by atoms with Gasteiger partial charge in [0.15, 0.2) is 0 Å². The standard InChI is InChI=1S/C23H20Cl2N2O2/c1-2-27(15-21(28)26-22-19(24)9-6-10-20(22)25)23(29)18-13-11-17(12-14-18)16-7-4-3-5-8-16/h3-14H,2,15H2,1H3,(H,26,28). The molecule has 0 saturated carbocycles. The Morgan fingerprint density at radius 2 is 1.41 bits per heavy atom. The summed E-state index contributed by atoms with van der Waals surface area (Å²) in [6.45, 7) is 2.12.